The Labute approximate surface area is 174 Å². The van der Waals surface area contributed by atoms with E-state index < -0.39 is 21.9 Å². The van der Waals surface area contributed by atoms with Gasteiger partial charge in [-0.15, -0.1) is 0 Å². The van der Waals surface area contributed by atoms with Gasteiger partial charge in [0, 0.05) is 0 Å². The smallest absolute Gasteiger partial charge is 0.357 e. The van der Waals surface area contributed by atoms with E-state index in [1.165, 1.54) is 24.3 Å². The fraction of sp³-hybridized carbons (Fsp3) is 0.143. The molecule has 1 heterocycles. The number of halogens is 1. The molecule has 0 amide bonds. The Hall–Kier alpha value is -4.21. The van der Waals surface area contributed by atoms with E-state index in [2.05, 4.69) is 4.98 Å². The van der Waals surface area contributed by atoms with Crippen molar-refractivity contribution in [3.63, 3.8) is 0 Å². The van der Waals surface area contributed by atoms with Crippen LogP contribution in [0.4, 0.5) is 10.1 Å². The van der Waals surface area contributed by atoms with Crippen LogP contribution >= 0.6 is 0 Å². The van der Waals surface area contributed by atoms with Gasteiger partial charge in [0.2, 0.25) is 0 Å². The molecule has 31 heavy (non-hydrogen) atoms. The van der Waals surface area contributed by atoms with Crippen LogP contribution in [0.25, 0.3) is 12.2 Å². The van der Waals surface area contributed by atoms with Crippen molar-refractivity contribution in [3.05, 3.63) is 96.1 Å². The number of aromatic nitrogens is 2. The Morgan fingerprint density at radius 3 is 2.45 bits per heavy atom. The average Bonchev–Trinajstić information content (AvgIpc) is 2.72. The molecular formula is C21H18FN3O6. The molecule has 0 aliphatic rings. The maximum absolute atomic E-state index is 13.0. The summed E-state index contributed by atoms with van der Waals surface area (Å²) in [6.45, 7) is 2.37. The van der Waals surface area contributed by atoms with Crippen molar-refractivity contribution < 1.29 is 18.8 Å². The maximum Gasteiger partial charge on any atom is 0.357 e. The Balaban J connectivity index is 1.85. The summed E-state index contributed by atoms with van der Waals surface area (Å²) in [5.74, 6) is 0.552. The van der Waals surface area contributed by atoms with Gasteiger partial charge in [0.05, 0.1) is 11.5 Å². The molecule has 0 saturated heterocycles. The molecule has 0 aliphatic heterocycles. The van der Waals surface area contributed by atoms with Crippen LogP contribution in [0.1, 0.15) is 23.7 Å². The molecule has 3 rings (SSSR count). The summed E-state index contributed by atoms with van der Waals surface area (Å²) in [4.78, 5) is 37.5. The first-order valence-electron chi connectivity index (χ1n) is 9.20. The molecule has 2 aromatic carbocycles. The summed E-state index contributed by atoms with van der Waals surface area (Å²) in [7, 11) is 0. The van der Waals surface area contributed by atoms with E-state index in [1.54, 1.807) is 37.3 Å². The molecule has 0 fully saturated rings. The summed E-state index contributed by atoms with van der Waals surface area (Å²) in [6, 6.07) is 10.9. The van der Waals surface area contributed by atoms with Crippen molar-refractivity contribution in [2.24, 2.45) is 0 Å². The number of hydrogen-bond acceptors (Lipinski definition) is 6. The summed E-state index contributed by atoms with van der Waals surface area (Å²) in [5, 5.41) is 11.1. The lowest BCUT2D eigenvalue weighted by Crippen LogP contribution is -2.25. The second kappa shape index (κ2) is 9.53. The molecule has 3 aromatic rings. The van der Waals surface area contributed by atoms with Crippen molar-refractivity contribution in [2.75, 3.05) is 6.61 Å². The maximum atomic E-state index is 13.0. The number of ether oxygens (including phenoxy) is 2. The van der Waals surface area contributed by atoms with E-state index in [-0.39, 0.29) is 18.1 Å². The second-order valence-corrected chi connectivity index (χ2v) is 6.32. The van der Waals surface area contributed by atoms with E-state index in [1.807, 2.05) is 4.98 Å². The third kappa shape index (κ3) is 5.44. The Bertz CT molecular complexity index is 1230. The molecule has 9 nitrogen and oxygen atoms in total. The lowest BCUT2D eigenvalue weighted by Gasteiger charge is -2.13. The zero-order valence-electron chi connectivity index (χ0n) is 16.4. The van der Waals surface area contributed by atoms with Gasteiger partial charge in [0.15, 0.2) is 11.5 Å². The quantitative estimate of drug-likeness (QED) is 0.420. The van der Waals surface area contributed by atoms with E-state index in [0.29, 0.717) is 23.7 Å². The van der Waals surface area contributed by atoms with Crippen LogP contribution < -0.4 is 20.7 Å². The zero-order chi connectivity index (χ0) is 22.4. The van der Waals surface area contributed by atoms with Crippen molar-refractivity contribution in [1.29, 1.82) is 0 Å². The minimum Gasteiger partial charge on any atom is -0.490 e. The molecule has 0 aliphatic carbocycles. The van der Waals surface area contributed by atoms with Crippen LogP contribution in [0.2, 0.25) is 0 Å². The van der Waals surface area contributed by atoms with Gasteiger partial charge >= 0.3 is 16.9 Å². The third-order valence-corrected chi connectivity index (χ3v) is 4.15. The topological polar surface area (TPSA) is 127 Å². The Morgan fingerprint density at radius 1 is 1.03 bits per heavy atom. The first-order chi connectivity index (χ1) is 14.9. The van der Waals surface area contributed by atoms with E-state index in [0.717, 1.165) is 5.56 Å². The number of H-pyrrole nitrogens is 2. The lowest BCUT2D eigenvalue weighted by molar-refractivity contribution is -0.386. The molecule has 0 spiro atoms. The standard InChI is InChI=1S/C21H18FN3O6/c1-2-30-18-11-13(5-9-16-19(25(28)29)20(26)24-21(27)23-16)6-10-17(18)31-12-14-3-7-15(22)8-4-14/h3-11H,2,12H2,1H3,(H2,23,24,26,27). The number of nitrogens with one attached hydrogen (secondary N) is 2. The predicted octanol–water partition coefficient (Wildman–Crippen LogP) is 3.26. The molecule has 0 radical (unpaired) electrons. The second-order valence-electron chi connectivity index (χ2n) is 6.32. The number of rotatable bonds is 8. The highest BCUT2D eigenvalue weighted by atomic mass is 19.1. The highest BCUT2D eigenvalue weighted by molar-refractivity contribution is 5.72. The lowest BCUT2D eigenvalue weighted by atomic mass is 10.1. The minimum atomic E-state index is -1.09. The SMILES string of the molecule is CCOc1cc(C=Cc2[nH]c(=O)[nH]c(=O)c2[N+](=O)[O-])ccc1OCc1ccc(F)cc1. The van der Waals surface area contributed by atoms with E-state index in [4.69, 9.17) is 9.47 Å². The molecule has 0 atom stereocenters. The Morgan fingerprint density at radius 2 is 1.77 bits per heavy atom. The van der Waals surface area contributed by atoms with Gasteiger partial charge in [-0.3, -0.25) is 19.9 Å². The van der Waals surface area contributed by atoms with Crippen LogP contribution in [-0.4, -0.2) is 21.5 Å². The number of hydrogen-bond donors (Lipinski definition) is 2. The van der Waals surface area contributed by atoms with Crippen molar-refractivity contribution in [1.82, 2.24) is 9.97 Å². The van der Waals surface area contributed by atoms with Crippen LogP contribution in [-0.2, 0) is 6.61 Å². The fourth-order valence-corrected chi connectivity index (χ4v) is 2.74. The predicted molar refractivity (Wildman–Crippen MR) is 112 cm³/mol. The average molecular weight is 427 g/mol. The van der Waals surface area contributed by atoms with E-state index >= 15 is 0 Å². The normalized spacial score (nSPS) is 10.9. The van der Waals surface area contributed by atoms with Crippen LogP contribution in [0, 0.1) is 15.9 Å². The zero-order valence-corrected chi connectivity index (χ0v) is 16.4. The first-order valence-corrected chi connectivity index (χ1v) is 9.20. The van der Waals surface area contributed by atoms with Gasteiger partial charge in [0.1, 0.15) is 18.1 Å². The van der Waals surface area contributed by atoms with Crippen molar-refractivity contribution in [2.45, 2.75) is 13.5 Å². The van der Waals surface area contributed by atoms with E-state index in [9.17, 15) is 24.1 Å². The molecule has 0 unspecified atom stereocenters. The van der Waals surface area contributed by atoms with Gasteiger partial charge < -0.3 is 14.5 Å². The monoisotopic (exact) mass is 427 g/mol. The highest BCUT2D eigenvalue weighted by Gasteiger charge is 2.18. The molecule has 0 saturated carbocycles. The summed E-state index contributed by atoms with van der Waals surface area (Å²) in [5.41, 5.74) is -1.57. The van der Waals surface area contributed by atoms with Gasteiger partial charge in [-0.25, -0.2) is 9.18 Å². The van der Waals surface area contributed by atoms with Gasteiger partial charge in [-0.1, -0.05) is 24.3 Å². The molecular weight excluding hydrogens is 409 g/mol. The fourth-order valence-electron chi connectivity index (χ4n) is 2.74. The first kappa shape index (κ1) is 21.5. The molecule has 1 aromatic heterocycles. The van der Waals surface area contributed by atoms with Crippen LogP contribution in [0.3, 0.4) is 0 Å². The Kier molecular flexibility index (Phi) is 6.61. The number of aromatic amines is 2. The van der Waals surface area contributed by atoms with Gasteiger partial charge in [-0.05, 0) is 48.4 Å². The number of nitro groups is 1. The molecule has 160 valence electrons. The minimum absolute atomic E-state index is 0.204. The van der Waals surface area contributed by atoms with Gasteiger partial charge in [-0.2, -0.15) is 0 Å². The summed E-state index contributed by atoms with van der Waals surface area (Å²) in [6.07, 6.45) is 2.75. The van der Waals surface area contributed by atoms with Crippen LogP contribution in [0.15, 0.2) is 52.1 Å². The molecule has 2 N–H and O–H groups in total. The summed E-state index contributed by atoms with van der Waals surface area (Å²) >= 11 is 0. The highest BCUT2D eigenvalue weighted by Crippen LogP contribution is 2.30. The van der Waals surface area contributed by atoms with Crippen LogP contribution in [0.5, 0.6) is 11.5 Å². The number of nitrogens with zero attached hydrogens (tertiary/aromatic N) is 1. The largest absolute Gasteiger partial charge is 0.490 e. The molecule has 10 heteroatoms. The number of benzene rings is 2. The summed E-state index contributed by atoms with van der Waals surface area (Å²) < 4.78 is 24.4. The van der Waals surface area contributed by atoms with Gasteiger partial charge in [0.25, 0.3) is 0 Å². The third-order valence-electron chi connectivity index (χ3n) is 4.15. The van der Waals surface area contributed by atoms with Crippen molar-refractivity contribution >= 4 is 17.8 Å². The molecule has 0 bridgehead atoms. The van der Waals surface area contributed by atoms with Crippen molar-refractivity contribution in [3.8, 4) is 11.5 Å².